The summed E-state index contributed by atoms with van der Waals surface area (Å²) in [5.41, 5.74) is 1.73. The summed E-state index contributed by atoms with van der Waals surface area (Å²) in [6, 6.07) is 8.73. The number of aryl methyl sites for hydroxylation is 1. The van der Waals surface area contributed by atoms with E-state index in [0.717, 1.165) is 47.7 Å². The van der Waals surface area contributed by atoms with Crippen LogP contribution >= 0.6 is 10.6 Å². The van der Waals surface area contributed by atoms with Crippen LogP contribution in [0.5, 0.6) is 0 Å². The van der Waals surface area contributed by atoms with Crippen molar-refractivity contribution in [1.82, 2.24) is 10.6 Å². The van der Waals surface area contributed by atoms with Gasteiger partial charge in [-0.05, 0) is 81.8 Å². The summed E-state index contributed by atoms with van der Waals surface area (Å²) < 4.78 is 59.6. The number of amides is 1. The van der Waals surface area contributed by atoms with Crippen molar-refractivity contribution in [3.63, 3.8) is 0 Å². The van der Waals surface area contributed by atoms with Crippen molar-refractivity contribution in [2.45, 2.75) is 75.7 Å². The van der Waals surface area contributed by atoms with Crippen LogP contribution in [0.1, 0.15) is 74.9 Å². The summed E-state index contributed by atoms with van der Waals surface area (Å²) in [7, 11) is -4.09. The standard InChI is InChI=1S/C27H33F3N2O5S/c1-16(32-26(2,3)4)17-11-12-21-18(13-17)7-5-10-22(21)31-25(35)24(34)23(33)15-38(36,37)20-9-6-8-19(14-20)27(28,29)30/h6,8-9,11-14,16,22,32,36-37H,5,7,10,15H2,1-4H3,(H,31,35)/t16-,22+/m1/s1. The molecule has 2 aromatic rings. The Balaban J connectivity index is 1.69. The van der Waals surface area contributed by atoms with Gasteiger partial charge in [0.2, 0.25) is 5.78 Å². The van der Waals surface area contributed by atoms with Crippen LogP contribution in [0.15, 0.2) is 47.4 Å². The van der Waals surface area contributed by atoms with E-state index in [2.05, 4.69) is 44.4 Å². The first-order chi connectivity index (χ1) is 17.5. The van der Waals surface area contributed by atoms with Crippen LogP contribution in [-0.4, -0.2) is 37.9 Å². The van der Waals surface area contributed by atoms with E-state index in [4.69, 9.17) is 0 Å². The lowest BCUT2D eigenvalue weighted by molar-refractivity contribution is -0.144. The van der Waals surface area contributed by atoms with E-state index in [0.29, 0.717) is 12.5 Å². The number of ketones is 2. The van der Waals surface area contributed by atoms with Gasteiger partial charge in [-0.1, -0.05) is 24.3 Å². The first kappa shape index (κ1) is 29.8. The predicted octanol–water partition coefficient (Wildman–Crippen LogP) is 5.60. The highest BCUT2D eigenvalue weighted by Gasteiger charge is 2.34. The average molecular weight is 555 g/mol. The minimum atomic E-state index is -4.73. The second-order valence-corrected chi connectivity index (χ2v) is 12.7. The summed E-state index contributed by atoms with van der Waals surface area (Å²) >= 11 is 0. The molecule has 0 bridgehead atoms. The van der Waals surface area contributed by atoms with Crippen molar-refractivity contribution >= 4 is 28.1 Å². The molecule has 2 aromatic carbocycles. The van der Waals surface area contributed by atoms with Gasteiger partial charge in [-0.15, -0.1) is 0 Å². The molecule has 7 nitrogen and oxygen atoms in total. The molecule has 1 amide bonds. The van der Waals surface area contributed by atoms with E-state index in [1.54, 1.807) is 0 Å². The van der Waals surface area contributed by atoms with E-state index in [-0.39, 0.29) is 11.6 Å². The minimum absolute atomic E-state index is 0.0811. The summed E-state index contributed by atoms with van der Waals surface area (Å²) in [6.07, 6.45) is -2.64. The number of hydrogen-bond acceptors (Lipinski definition) is 6. The number of Topliss-reactive ketones (excluding diaryl/α,β-unsaturated/α-hetero) is 2. The maximum Gasteiger partial charge on any atom is 0.416 e. The van der Waals surface area contributed by atoms with Crippen LogP contribution < -0.4 is 10.6 Å². The monoisotopic (exact) mass is 554 g/mol. The summed E-state index contributed by atoms with van der Waals surface area (Å²) in [4.78, 5) is 37.0. The van der Waals surface area contributed by atoms with Crippen LogP contribution in [0.25, 0.3) is 0 Å². The number of halogens is 3. The SMILES string of the molecule is C[C@@H](NC(C)(C)C)c1ccc2c(c1)CCC[C@@H]2NC(=O)C(=O)C(=O)CS(O)(O)c1cccc(C(F)(F)F)c1. The summed E-state index contributed by atoms with van der Waals surface area (Å²) in [5, 5.41) is 6.08. The maximum atomic E-state index is 13.0. The lowest BCUT2D eigenvalue weighted by Crippen LogP contribution is -2.40. The van der Waals surface area contributed by atoms with Crippen molar-refractivity contribution in [3.8, 4) is 0 Å². The largest absolute Gasteiger partial charge is 0.416 e. The van der Waals surface area contributed by atoms with Gasteiger partial charge in [0.1, 0.15) is 5.75 Å². The van der Waals surface area contributed by atoms with Gasteiger partial charge in [0, 0.05) is 11.6 Å². The Hall–Kier alpha value is -2.73. The highest BCUT2D eigenvalue weighted by Crippen LogP contribution is 2.49. The third-order valence-electron chi connectivity index (χ3n) is 6.27. The summed E-state index contributed by atoms with van der Waals surface area (Å²) in [6.45, 7) is 8.28. The van der Waals surface area contributed by atoms with Gasteiger partial charge < -0.3 is 10.6 Å². The van der Waals surface area contributed by atoms with E-state index in [1.807, 2.05) is 12.1 Å². The zero-order valence-electron chi connectivity index (χ0n) is 21.7. The molecule has 0 spiro atoms. The van der Waals surface area contributed by atoms with E-state index in [9.17, 15) is 36.7 Å². The molecule has 0 aliphatic heterocycles. The molecule has 0 heterocycles. The molecule has 0 unspecified atom stereocenters. The van der Waals surface area contributed by atoms with E-state index in [1.165, 1.54) is 0 Å². The third-order valence-corrected chi connectivity index (χ3v) is 7.94. The molecule has 11 heteroatoms. The molecule has 0 saturated heterocycles. The average Bonchev–Trinajstić information content (AvgIpc) is 2.81. The molecule has 1 aliphatic carbocycles. The van der Waals surface area contributed by atoms with Crippen molar-refractivity contribution < 1.29 is 36.7 Å². The number of benzene rings is 2. The molecular weight excluding hydrogens is 521 g/mol. The second-order valence-electron chi connectivity index (χ2n) is 10.6. The highest BCUT2D eigenvalue weighted by atomic mass is 32.3. The summed E-state index contributed by atoms with van der Waals surface area (Å²) in [5.74, 6) is -5.26. The molecule has 0 aromatic heterocycles. The van der Waals surface area contributed by atoms with E-state index >= 15 is 0 Å². The Kier molecular flexibility index (Phi) is 8.77. The Morgan fingerprint density at radius 1 is 1.08 bits per heavy atom. The van der Waals surface area contributed by atoms with Crippen molar-refractivity contribution in [3.05, 3.63) is 64.7 Å². The highest BCUT2D eigenvalue weighted by molar-refractivity contribution is 8.25. The molecule has 2 atom stereocenters. The van der Waals surface area contributed by atoms with Gasteiger partial charge in [-0.3, -0.25) is 23.5 Å². The van der Waals surface area contributed by atoms with Crippen LogP contribution in [-0.2, 0) is 27.0 Å². The topological polar surface area (TPSA) is 116 Å². The fraction of sp³-hybridized carbons (Fsp3) is 0.444. The first-order valence-electron chi connectivity index (χ1n) is 12.2. The number of nitrogens with one attached hydrogen (secondary N) is 2. The van der Waals surface area contributed by atoms with Crippen LogP contribution in [0.3, 0.4) is 0 Å². The fourth-order valence-corrected chi connectivity index (χ4v) is 5.82. The number of carbonyl (C=O) groups is 3. The van der Waals surface area contributed by atoms with Gasteiger partial charge in [0.05, 0.1) is 16.5 Å². The van der Waals surface area contributed by atoms with Crippen LogP contribution in [0.2, 0.25) is 0 Å². The smallest absolute Gasteiger partial charge is 0.342 e. The fourth-order valence-electron chi connectivity index (χ4n) is 4.54. The molecule has 0 saturated carbocycles. The number of fused-ring (bicyclic) bond motifs is 1. The normalized spacial score (nSPS) is 17.3. The van der Waals surface area contributed by atoms with Gasteiger partial charge in [-0.25, -0.2) is 0 Å². The molecule has 3 rings (SSSR count). The molecule has 0 radical (unpaired) electrons. The zero-order valence-corrected chi connectivity index (χ0v) is 22.5. The van der Waals surface area contributed by atoms with Gasteiger partial charge in [-0.2, -0.15) is 23.8 Å². The number of rotatable bonds is 8. The van der Waals surface area contributed by atoms with Gasteiger partial charge >= 0.3 is 6.18 Å². The lowest BCUT2D eigenvalue weighted by atomic mass is 9.85. The Morgan fingerprint density at radius 2 is 1.76 bits per heavy atom. The molecular formula is C27H33F3N2O5S. The van der Waals surface area contributed by atoms with Gasteiger partial charge in [0.15, 0.2) is 0 Å². The molecule has 1 aliphatic rings. The Bertz CT molecular complexity index is 1220. The molecule has 38 heavy (non-hydrogen) atoms. The zero-order chi connectivity index (χ0) is 28.5. The Labute approximate surface area is 221 Å². The molecule has 4 N–H and O–H groups in total. The van der Waals surface area contributed by atoms with Crippen molar-refractivity contribution in [1.29, 1.82) is 0 Å². The maximum absolute atomic E-state index is 13.0. The number of hydrogen-bond donors (Lipinski definition) is 4. The minimum Gasteiger partial charge on any atom is -0.342 e. The van der Waals surface area contributed by atoms with Crippen molar-refractivity contribution in [2.24, 2.45) is 0 Å². The Morgan fingerprint density at radius 3 is 2.39 bits per heavy atom. The molecule has 208 valence electrons. The van der Waals surface area contributed by atoms with Crippen LogP contribution in [0.4, 0.5) is 13.2 Å². The predicted molar refractivity (Wildman–Crippen MR) is 139 cm³/mol. The second kappa shape index (κ2) is 11.2. The van der Waals surface area contributed by atoms with Gasteiger partial charge in [0.25, 0.3) is 11.7 Å². The number of alkyl halides is 3. The van der Waals surface area contributed by atoms with E-state index < -0.39 is 56.5 Å². The van der Waals surface area contributed by atoms with Crippen LogP contribution in [0, 0.1) is 0 Å². The quantitative estimate of drug-likeness (QED) is 0.250. The first-order valence-corrected chi connectivity index (χ1v) is 13.9. The third kappa shape index (κ3) is 7.43. The molecule has 0 fully saturated rings. The lowest BCUT2D eigenvalue weighted by Gasteiger charge is -2.32. The van der Waals surface area contributed by atoms with Crippen molar-refractivity contribution in [2.75, 3.05) is 5.75 Å². The number of carbonyl (C=O) groups excluding carboxylic acids is 3.